The Morgan fingerprint density at radius 1 is 1.29 bits per heavy atom. The van der Waals surface area contributed by atoms with Crippen LogP contribution in [0, 0.1) is 11.8 Å². The van der Waals surface area contributed by atoms with Crippen LogP contribution in [0.2, 0.25) is 5.02 Å². The smallest absolute Gasteiger partial charge is 0.137 e. The van der Waals surface area contributed by atoms with Crippen LogP contribution < -0.4 is 10.5 Å². The summed E-state index contributed by atoms with van der Waals surface area (Å²) in [4.78, 5) is 0. The molecule has 0 amide bonds. The molecule has 0 spiro atoms. The molecule has 3 heteroatoms. The first-order valence-corrected chi connectivity index (χ1v) is 8.62. The van der Waals surface area contributed by atoms with Gasteiger partial charge in [-0.3, -0.25) is 0 Å². The molecule has 0 radical (unpaired) electrons. The standard InChI is InChI=1S/C18H28ClNO/c1-3-4-5-13-6-8-14(9-7-13)18(20)15-10-11-17(21-2)16(19)12-15/h10-14,18H,3-9,20H2,1-2H3. The lowest BCUT2D eigenvalue weighted by Crippen LogP contribution is -2.26. The van der Waals surface area contributed by atoms with Crippen molar-refractivity contribution in [2.45, 2.75) is 57.9 Å². The first kappa shape index (κ1) is 16.6. The molecule has 2 rings (SSSR count). The van der Waals surface area contributed by atoms with Crippen molar-refractivity contribution in [3.8, 4) is 5.75 Å². The molecule has 1 fully saturated rings. The second-order valence-electron chi connectivity index (χ2n) is 6.34. The first-order chi connectivity index (χ1) is 10.2. The summed E-state index contributed by atoms with van der Waals surface area (Å²) >= 11 is 6.21. The van der Waals surface area contributed by atoms with Gasteiger partial charge in [-0.25, -0.2) is 0 Å². The minimum Gasteiger partial charge on any atom is -0.495 e. The van der Waals surface area contributed by atoms with Gasteiger partial charge in [-0.05, 0) is 42.4 Å². The van der Waals surface area contributed by atoms with Gasteiger partial charge >= 0.3 is 0 Å². The van der Waals surface area contributed by atoms with Crippen molar-refractivity contribution < 1.29 is 4.74 Å². The normalized spacial score (nSPS) is 23.8. The molecule has 0 bridgehead atoms. The molecule has 1 aliphatic rings. The Morgan fingerprint density at radius 2 is 2.00 bits per heavy atom. The maximum absolute atomic E-state index is 6.48. The fourth-order valence-corrected chi connectivity index (χ4v) is 3.76. The van der Waals surface area contributed by atoms with E-state index in [1.807, 2.05) is 12.1 Å². The third kappa shape index (κ3) is 4.37. The van der Waals surface area contributed by atoms with Gasteiger partial charge in [0.2, 0.25) is 0 Å². The Balaban J connectivity index is 1.92. The van der Waals surface area contributed by atoms with Crippen molar-refractivity contribution in [3.05, 3.63) is 28.8 Å². The van der Waals surface area contributed by atoms with E-state index in [-0.39, 0.29) is 6.04 Å². The molecule has 0 aromatic heterocycles. The van der Waals surface area contributed by atoms with Gasteiger partial charge in [0.05, 0.1) is 12.1 Å². The second-order valence-corrected chi connectivity index (χ2v) is 6.75. The number of rotatable bonds is 6. The minimum absolute atomic E-state index is 0.0977. The highest BCUT2D eigenvalue weighted by Gasteiger charge is 2.26. The number of unbranched alkanes of at least 4 members (excludes halogenated alkanes) is 1. The molecular formula is C18H28ClNO. The van der Waals surface area contributed by atoms with Crippen molar-refractivity contribution in [2.75, 3.05) is 7.11 Å². The number of benzene rings is 1. The molecule has 0 saturated heterocycles. The molecule has 1 aliphatic carbocycles. The number of halogens is 1. The average Bonchev–Trinajstić information content (AvgIpc) is 2.52. The van der Waals surface area contributed by atoms with Gasteiger partial charge in [-0.15, -0.1) is 0 Å². The topological polar surface area (TPSA) is 35.2 Å². The van der Waals surface area contributed by atoms with Crippen LogP contribution in [-0.4, -0.2) is 7.11 Å². The molecule has 1 aromatic carbocycles. The van der Waals surface area contributed by atoms with Crippen molar-refractivity contribution in [2.24, 2.45) is 17.6 Å². The van der Waals surface area contributed by atoms with Gasteiger partial charge < -0.3 is 10.5 Å². The fraction of sp³-hybridized carbons (Fsp3) is 0.667. The maximum atomic E-state index is 6.48. The SMILES string of the molecule is CCCCC1CCC(C(N)c2ccc(OC)c(Cl)c2)CC1. The van der Waals surface area contributed by atoms with Crippen LogP contribution >= 0.6 is 11.6 Å². The molecule has 118 valence electrons. The van der Waals surface area contributed by atoms with Gasteiger partial charge in [0.25, 0.3) is 0 Å². The lowest BCUT2D eigenvalue weighted by atomic mass is 9.75. The Hall–Kier alpha value is -0.730. The van der Waals surface area contributed by atoms with Crippen LogP contribution in [-0.2, 0) is 0 Å². The Labute approximate surface area is 134 Å². The fourth-order valence-electron chi connectivity index (χ4n) is 3.49. The van der Waals surface area contributed by atoms with E-state index in [1.165, 1.54) is 44.9 Å². The minimum atomic E-state index is 0.0977. The summed E-state index contributed by atoms with van der Waals surface area (Å²) in [7, 11) is 1.64. The van der Waals surface area contributed by atoms with E-state index in [0.717, 1.165) is 17.2 Å². The van der Waals surface area contributed by atoms with Crippen LogP contribution in [0.15, 0.2) is 18.2 Å². The predicted molar refractivity (Wildman–Crippen MR) is 89.9 cm³/mol. The van der Waals surface area contributed by atoms with Gasteiger partial charge in [0, 0.05) is 6.04 Å². The zero-order valence-corrected chi connectivity index (χ0v) is 14.0. The second kappa shape index (κ2) is 8.05. The van der Waals surface area contributed by atoms with Crippen molar-refractivity contribution in [1.82, 2.24) is 0 Å². The molecular weight excluding hydrogens is 282 g/mol. The van der Waals surface area contributed by atoms with E-state index in [0.29, 0.717) is 10.9 Å². The third-order valence-corrected chi connectivity index (χ3v) is 5.22. The van der Waals surface area contributed by atoms with Crippen molar-refractivity contribution in [3.63, 3.8) is 0 Å². The quantitative estimate of drug-likeness (QED) is 0.769. The molecule has 1 aromatic rings. The molecule has 21 heavy (non-hydrogen) atoms. The van der Waals surface area contributed by atoms with Gasteiger partial charge in [-0.1, -0.05) is 56.7 Å². The van der Waals surface area contributed by atoms with Crippen molar-refractivity contribution in [1.29, 1.82) is 0 Å². The molecule has 0 heterocycles. The summed E-state index contributed by atoms with van der Waals surface area (Å²) in [6.45, 7) is 2.27. The van der Waals surface area contributed by atoms with E-state index in [1.54, 1.807) is 7.11 Å². The predicted octanol–water partition coefficient (Wildman–Crippen LogP) is 5.35. The molecule has 0 aliphatic heterocycles. The van der Waals surface area contributed by atoms with E-state index < -0.39 is 0 Å². The van der Waals surface area contributed by atoms with Crippen LogP contribution in [0.25, 0.3) is 0 Å². The Morgan fingerprint density at radius 3 is 2.57 bits per heavy atom. The summed E-state index contributed by atoms with van der Waals surface area (Å²) in [5, 5.41) is 0.655. The Bertz CT molecular complexity index is 441. The van der Waals surface area contributed by atoms with Gasteiger partial charge in [0.1, 0.15) is 5.75 Å². The maximum Gasteiger partial charge on any atom is 0.137 e. The highest BCUT2D eigenvalue weighted by Crippen LogP contribution is 2.38. The molecule has 1 unspecified atom stereocenters. The summed E-state index contributed by atoms with van der Waals surface area (Å²) < 4.78 is 5.20. The summed E-state index contributed by atoms with van der Waals surface area (Å²) in [5.41, 5.74) is 7.61. The van der Waals surface area contributed by atoms with E-state index in [4.69, 9.17) is 22.1 Å². The third-order valence-electron chi connectivity index (χ3n) is 4.93. The molecule has 2 nitrogen and oxygen atoms in total. The summed E-state index contributed by atoms with van der Waals surface area (Å²) in [5.74, 6) is 2.23. The number of ether oxygens (including phenoxy) is 1. The largest absolute Gasteiger partial charge is 0.495 e. The van der Waals surface area contributed by atoms with Crippen LogP contribution in [0.4, 0.5) is 0 Å². The van der Waals surface area contributed by atoms with Crippen LogP contribution in [0.1, 0.15) is 63.5 Å². The molecule has 1 atom stereocenters. The number of nitrogens with two attached hydrogens (primary N) is 1. The number of hydrogen-bond donors (Lipinski definition) is 1. The zero-order valence-electron chi connectivity index (χ0n) is 13.3. The lowest BCUT2D eigenvalue weighted by molar-refractivity contribution is 0.232. The zero-order chi connectivity index (χ0) is 15.2. The summed E-state index contributed by atoms with van der Waals surface area (Å²) in [6, 6.07) is 6.04. The summed E-state index contributed by atoms with van der Waals surface area (Å²) in [6.07, 6.45) is 9.25. The van der Waals surface area contributed by atoms with Crippen LogP contribution in [0.5, 0.6) is 5.75 Å². The lowest BCUT2D eigenvalue weighted by Gasteiger charge is -2.32. The number of methoxy groups -OCH3 is 1. The molecule has 1 saturated carbocycles. The highest BCUT2D eigenvalue weighted by atomic mass is 35.5. The average molecular weight is 310 g/mol. The van der Waals surface area contributed by atoms with E-state index in [9.17, 15) is 0 Å². The van der Waals surface area contributed by atoms with Gasteiger partial charge in [-0.2, -0.15) is 0 Å². The number of hydrogen-bond acceptors (Lipinski definition) is 2. The first-order valence-electron chi connectivity index (χ1n) is 8.24. The van der Waals surface area contributed by atoms with E-state index in [2.05, 4.69) is 13.0 Å². The van der Waals surface area contributed by atoms with E-state index >= 15 is 0 Å². The van der Waals surface area contributed by atoms with Crippen molar-refractivity contribution >= 4 is 11.6 Å². The highest BCUT2D eigenvalue weighted by molar-refractivity contribution is 6.32. The van der Waals surface area contributed by atoms with Gasteiger partial charge in [0.15, 0.2) is 0 Å². The Kier molecular flexibility index (Phi) is 6.38. The molecule has 2 N–H and O–H groups in total. The monoisotopic (exact) mass is 309 g/mol. The van der Waals surface area contributed by atoms with Crippen LogP contribution in [0.3, 0.4) is 0 Å².